The average molecular weight is 474 g/mol. The number of nitriles is 1. The summed E-state index contributed by atoms with van der Waals surface area (Å²) in [4.78, 5) is 40.3. The fourth-order valence-electron chi connectivity index (χ4n) is 5.24. The molecule has 0 bridgehead atoms. The molecule has 0 saturated carbocycles. The fourth-order valence-corrected chi connectivity index (χ4v) is 5.24. The number of esters is 1. The van der Waals surface area contributed by atoms with Crippen LogP contribution >= 0.6 is 0 Å². The van der Waals surface area contributed by atoms with Crippen molar-refractivity contribution < 1.29 is 19.2 Å². The van der Waals surface area contributed by atoms with Gasteiger partial charge in [0.05, 0.1) is 29.7 Å². The fraction of sp³-hybridized carbons (Fsp3) is 0.370. The van der Waals surface area contributed by atoms with Crippen molar-refractivity contribution in [1.29, 1.82) is 5.26 Å². The van der Waals surface area contributed by atoms with Crippen molar-refractivity contribution in [2.75, 3.05) is 11.5 Å². The predicted molar refractivity (Wildman–Crippen MR) is 131 cm³/mol. The molecule has 2 aliphatic rings. The Labute approximate surface area is 204 Å². The van der Waals surface area contributed by atoms with E-state index in [1.165, 1.54) is 24.3 Å². The topological polar surface area (TPSA) is 114 Å². The second kappa shape index (κ2) is 8.66. The number of hydrogen-bond acceptors (Lipinski definition) is 7. The number of nitrogens with zero attached hydrogens (tertiary/aromatic N) is 3. The molecule has 0 N–H and O–H groups in total. The van der Waals surface area contributed by atoms with Crippen molar-refractivity contribution in [2.24, 2.45) is 10.8 Å². The van der Waals surface area contributed by atoms with Gasteiger partial charge in [-0.3, -0.25) is 19.7 Å². The van der Waals surface area contributed by atoms with E-state index in [1.807, 2.05) is 35.2 Å². The minimum absolute atomic E-state index is 0.0696. The molecular weight excluding hydrogens is 446 g/mol. The Morgan fingerprint density at radius 2 is 1.83 bits per heavy atom. The number of nitro benzene ring substituents is 1. The number of ether oxygens (including phenoxy) is 1. The van der Waals surface area contributed by atoms with Crippen LogP contribution in [0.4, 0.5) is 11.4 Å². The second-order valence-corrected chi connectivity index (χ2v) is 9.86. The smallest absolute Gasteiger partial charge is 0.329 e. The number of carbonyl (C=O) groups is 2. The molecule has 0 aromatic heterocycles. The first-order valence-electron chi connectivity index (χ1n) is 11.5. The van der Waals surface area contributed by atoms with Gasteiger partial charge in [0.25, 0.3) is 5.69 Å². The second-order valence-electron chi connectivity index (χ2n) is 9.86. The van der Waals surface area contributed by atoms with Crippen LogP contribution in [-0.4, -0.2) is 35.4 Å². The quantitative estimate of drug-likeness (QED) is 0.353. The minimum Gasteiger partial charge on any atom is -0.465 e. The van der Waals surface area contributed by atoms with Crippen LogP contribution in [0.5, 0.6) is 0 Å². The number of non-ortho nitro benzene ring substituents is 1. The Morgan fingerprint density at radius 3 is 2.40 bits per heavy atom. The van der Waals surface area contributed by atoms with Crippen LogP contribution < -0.4 is 4.90 Å². The van der Waals surface area contributed by atoms with E-state index in [4.69, 9.17) is 4.74 Å². The number of para-hydroxylation sites is 1. The van der Waals surface area contributed by atoms with Gasteiger partial charge in [0, 0.05) is 29.2 Å². The van der Waals surface area contributed by atoms with Crippen molar-refractivity contribution in [2.45, 2.75) is 45.7 Å². The maximum atomic E-state index is 14.0. The van der Waals surface area contributed by atoms with Gasteiger partial charge in [0.2, 0.25) is 0 Å². The molecule has 1 saturated heterocycles. The van der Waals surface area contributed by atoms with E-state index < -0.39 is 39.7 Å². The number of Topliss-reactive ketones (excluding diaryl/α,β-unsaturated/α-hetero) is 1. The molecule has 4 rings (SSSR count). The summed E-state index contributed by atoms with van der Waals surface area (Å²) in [5, 5.41) is 21.9. The Hall–Kier alpha value is -3.99. The first-order valence-corrected chi connectivity index (χ1v) is 11.5. The largest absolute Gasteiger partial charge is 0.465 e. The van der Waals surface area contributed by atoms with Gasteiger partial charge in [0.15, 0.2) is 11.2 Å². The molecule has 1 fully saturated rings. The van der Waals surface area contributed by atoms with Gasteiger partial charge in [-0.25, -0.2) is 0 Å². The van der Waals surface area contributed by atoms with Crippen molar-refractivity contribution in [3.63, 3.8) is 0 Å². The first-order chi connectivity index (χ1) is 16.6. The highest BCUT2D eigenvalue weighted by Crippen LogP contribution is 2.57. The maximum Gasteiger partial charge on any atom is 0.329 e. The average Bonchev–Trinajstić information content (AvgIpc) is 3.14. The summed E-state index contributed by atoms with van der Waals surface area (Å²) in [6.45, 7) is 7.15. The van der Waals surface area contributed by atoms with E-state index in [9.17, 15) is 25.0 Å². The van der Waals surface area contributed by atoms with Gasteiger partial charge in [-0.1, -0.05) is 63.3 Å². The Balaban J connectivity index is 2.04. The molecule has 0 spiro atoms. The standard InChI is InChI=1S/C27H27N3O5/c1-5-35-25(32)27(16-28)21-15-12-17-8-6-7-9-20(17)29(21)23(24(31)26(2,3)4)22(27)18-10-13-19(14-11-18)30(33)34/h6-15,21-23H,5H2,1-4H3/t21-,22-,23+,27-/m0/s1. The van der Waals surface area contributed by atoms with Crippen molar-refractivity contribution >= 4 is 29.2 Å². The number of ketones is 1. The van der Waals surface area contributed by atoms with Crippen molar-refractivity contribution in [3.05, 3.63) is 75.8 Å². The highest BCUT2D eigenvalue weighted by molar-refractivity contribution is 5.99. The lowest BCUT2D eigenvalue weighted by Gasteiger charge is -2.37. The number of carbonyl (C=O) groups excluding carboxylic acids is 2. The SMILES string of the molecule is CCOC(=O)[C@@]1(C#N)[C@@H]2C=Cc3ccccc3N2[C@@H](C(=O)C(C)(C)C)[C@@H]1c1ccc([N+](=O)[O-])cc1. The minimum atomic E-state index is -1.75. The molecule has 0 amide bonds. The lowest BCUT2D eigenvalue weighted by molar-refractivity contribution is -0.384. The first kappa shape index (κ1) is 24.1. The third-order valence-electron chi connectivity index (χ3n) is 6.81. The van der Waals surface area contributed by atoms with Crippen LogP contribution in [0.1, 0.15) is 44.7 Å². The number of fused-ring (bicyclic) bond motifs is 3. The lowest BCUT2D eigenvalue weighted by atomic mass is 9.67. The van der Waals surface area contributed by atoms with E-state index >= 15 is 0 Å². The van der Waals surface area contributed by atoms with Crippen LogP contribution in [0.15, 0.2) is 54.6 Å². The van der Waals surface area contributed by atoms with Crippen molar-refractivity contribution in [1.82, 2.24) is 0 Å². The van der Waals surface area contributed by atoms with E-state index in [2.05, 4.69) is 6.07 Å². The molecule has 2 aromatic rings. The summed E-state index contributed by atoms with van der Waals surface area (Å²) in [6, 6.07) is 13.9. The summed E-state index contributed by atoms with van der Waals surface area (Å²) >= 11 is 0. The molecular formula is C27H27N3O5. The zero-order valence-electron chi connectivity index (χ0n) is 20.1. The number of rotatable bonds is 5. The van der Waals surface area contributed by atoms with E-state index in [0.29, 0.717) is 5.56 Å². The third-order valence-corrected chi connectivity index (χ3v) is 6.81. The molecule has 0 unspecified atom stereocenters. The number of benzene rings is 2. The number of hydrogen-bond donors (Lipinski definition) is 0. The zero-order chi connectivity index (χ0) is 25.5. The normalized spacial score (nSPS) is 24.8. The Kier molecular flexibility index (Phi) is 5.97. The summed E-state index contributed by atoms with van der Waals surface area (Å²) in [6.07, 6.45) is 3.65. The monoisotopic (exact) mass is 473 g/mol. The van der Waals surface area contributed by atoms with Gasteiger partial charge in [-0.05, 0) is 24.1 Å². The van der Waals surface area contributed by atoms with E-state index in [0.717, 1.165) is 11.3 Å². The van der Waals surface area contributed by atoms with Gasteiger partial charge in [0.1, 0.15) is 0 Å². The Bertz CT molecular complexity index is 1250. The van der Waals surface area contributed by atoms with E-state index in [1.54, 1.807) is 33.8 Å². The summed E-state index contributed by atoms with van der Waals surface area (Å²) in [5.41, 5.74) is -0.543. The van der Waals surface area contributed by atoms with Crippen LogP contribution in [-0.2, 0) is 14.3 Å². The maximum absolute atomic E-state index is 14.0. The van der Waals surface area contributed by atoms with Crippen LogP contribution in [0.2, 0.25) is 0 Å². The molecule has 4 atom stereocenters. The third kappa shape index (κ3) is 3.68. The van der Waals surface area contributed by atoms with Crippen LogP contribution in [0.3, 0.4) is 0 Å². The number of nitro groups is 1. The molecule has 2 aromatic carbocycles. The van der Waals surface area contributed by atoms with Gasteiger partial charge >= 0.3 is 5.97 Å². The summed E-state index contributed by atoms with van der Waals surface area (Å²) in [5.74, 6) is -1.77. The molecule has 8 nitrogen and oxygen atoms in total. The Morgan fingerprint density at radius 1 is 1.17 bits per heavy atom. The number of anilines is 1. The van der Waals surface area contributed by atoms with Crippen LogP contribution in [0, 0.1) is 32.3 Å². The van der Waals surface area contributed by atoms with Crippen molar-refractivity contribution in [3.8, 4) is 6.07 Å². The molecule has 2 aliphatic heterocycles. The molecule has 0 aliphatic carbocycles. The van der Waals surface area contributed by atoms with E-state index in [-0.39, 0.29) is 18.1 Å². The molecule has 8 heteroatoms. The lowest BCUT2D eigenvalue weighted by Crippen LogP contribution is -2.48. The van der Waals surface area contributed by atoms with Gasteiger partial charge < -0.3 is 9.64 Å². The summed E-state index contributed by atoms with van der Waals surface area (Å²) < 4.78 is 5.44. The molecule has 180 valence electrons. The van der Waals surface area contributed by atoms with Crippen LogP contribution in [0.25, 0.3) is 6.08 Å². The molecule has 2 heterocycles. The highest BCUT2D eigenvalue weighted by atomic mass is 16.6. The molecule has 0 radical (unpaired) electrons. The molecule has 35 heavy (non-hydrogen) atoms. The zero-order valence-corrected chi connectivity index (χ0v) is 20.1. The summed E-state index contributed by atoms with van der Waals surface area (Å²) in [7, 11) is 0. The highest BCUT2D eigenvalue weighted by Gasteiger charge is 2.67. The van der Waals surface area contributed by atoms with Gasteiger partial charge in [-0.2, -0.15) is 5.26 Å². The van der Waals surface area contributed by atoms with Gasteiger partial charge in [-0.15, -0.1) is 0 Å². The predicted octanol–water partition coefficient (Wildman–Crippen LogP) is 4.65.